The van der Waals surface area contributed by atoms with Crippen molar-refractivity contribution in [2.45, 2.75) is 19.9 Å². The Morgan fingerprint density at radius 1 is 0.939 bits per heavy atom. The highest BCUT2D eigenvalue weighted by molar-refractivity contribution is 5.85. The van der Waals surface area contributed by atoms with Crippen LogP contribution in [0.2, 0.25) is 0 Å². The van der Waals surface area contributed by atoms with Gasteiger partial charge >= 0.3 is 0 Å². The molecule has 0 saturated carbocycles. The minimum absolute atomic E-state index is 0.0581. The maximum Gasteiger partial charge on any atom is 0.261 e. The lowest BCUT2D eigenvalue weighted by Gasteiger charge is -2.27. The highest BCUT2D eigenvalue weighted by Gasteiger charge is 2.22. The third-order valence-corrected chi connectivity index (χ3v) is 5.14. The molecule has 0 radical (unpaired) electrons. The topological polar surface area (TPSA) is 63.0 Å². The molecule has 172 valence electrons. The van der Waals surface area contributed by atoms with Gasteiger partial charge in [-0.1, -0.05) is 54.6 Å². The summed E-state index contributed by atoms with van der Waals surface area (Å²) in [5.74, 6) is 1.68. The summed E-state index contributed by atoms with van der Waals surface area (Å²) in [6, 6.07) is 22.9. The molecule has 0 aliphatic heterocycles. The van der Waals surface area contributed by atoms with Crippen molar-refractivity contribution in [3.05, 3.63) is 103 Å². The maximum atomic E-state index is 13.3. The molecule has 0 aliphatic rings. The number of furan rings is 1. The van der Waals surface area contributed by atoms with Gasteiger partial charge in [0.1, 0.15) is 23.8 Å². The lowest BCUT2D eigenvalue weighted by Crippen LogP contribution is -2.44. The first-order valence-electron chi connectivity index (χ1n) is 11.0. The van der Waals surface area contributed by atoms with E-state index in [0.29, 0.717) is 31.0 Å². The zero-order valence-corrected chi connectivity index (χ0v) is 19.0. The van der Waals surface area contributed by atoms with Crippen LogP contribution in [0.5, 0.6) is 5.75 Å². The monoisotopic (exact) mass is 446 g/mol. The summed E-state index contributed by atoms with van der Waals surface area (Å²) in [6.07, 6.45) is 2.32. The molecule has 0 bridgehead atoms. The zero-order chi connectivity index (χ0) is 23.5. The Kier molecular flexibility index (Phi) is 8.88. The third kappa shape index (κ3) is 7.68. The van der Waals surface area contributed by atoms with Gasteiger partial charge in [-0.15, -0.1) is 6.58 Å². The minimum atomic E-state index is -0.274. The number of carbonyl (C=O) groups is 2. The van der Waals surface area contributed by atoms with E-state index in [1.807, 2.05) is 67.6 Å². The van der Waals surface area contributed by atoms with Gasteiger partial charge in [0.25, 0.3) is 5.91 Å². The molecule has 0 atom stereocenters. The molecule has 0 N–H and O–H groups in total. The van der Waals surface area contributed by atoms with Gasteiger partial charge in [0.2, 0.25) is 5.91 Å². The van der Waals surface area contributed by atoms with Crippen molar-refractivity contribution in [2.24, 2.45) is 0 Å². The number of nitrogens with zero attached hydrogens (tertiary/aromatic N) is 2. The average Bonchev–Trinajstić information content (AvgIpc) is 3.25. The number of hydrogen-bond acceptors (Lipinski definition) is 4. The van der Waals surface area contributed by atoms with Crippen LogP contribution in [0.25, 0.3) is 0 Å². The second-order valence-corrected chi connectivity index (χ2v) is 7.73. The summed E-state index contributed by atoms with van der Waals surface area (Å²) in [5.41, 5.74) is 1.14. The highest BCUT2D eigenvalue weighted by atomic mass is 16.5. The van der Waals surface area contributed by atoms with Gasteiger partial charge in [-0.2, -0.15) is 0 Å². The standard InChI is InChI=1S/C27H30N2O4/c1-3-17-28(27(31)21-32-24-12-8-5-9-13-24)20-26(30)29(19-25-15-14-22(2)33-25)18-16-23-10-6-4-7-11-23/h3-15H,1,16-21H2,2H3. The van der Waals surface area contributed by atoms with Gasteiger partial charge in [-0.05, 0) is 43.2 Å². The van der Waals surface area contributed by atoms with Crippen molar-refractivity contribution in [1.82, 2.24) is 9.80 Å². The molecule has 1 aromatic heterocycles. The number of ether oxygens (including phenoxy) is 1. The fraction of sp³-hybridized carbons (Fsp3) is 0.259. The van der Waals surface area contributed by atoms with Gasteiger partial charge < -0.3 is 19.0 Å². The molecule has 0 fully saturated rings. The van der Waals surface area contributed by atoms with Gasteiger partial charge in [0.15, 0.2) is 6.61 Å². The quantitative estimate of drug-likeness (QED) is 0.390. The smallest absolute Gasteiger partial charge is 0.261 e. The van der Waals surface area contributed by atoms with Crippen LogP contribution in [-0.2, 0) is 22.6 Å². The second-order valence-electron chi connectivity index (χ2n) is 7.73. The second kappa shape index (κ2) is 12.3. The van der Waals surface area contributed by atoms with Crippen LogP contribution in [0, 0.1) is 6.92 Å². The largest absolute Gasteiger partial charge is 0.484 e. The van der Waals surface area contributed by atoms with Crippen molar-refractivity contribution in [2.75, 3.05) is 26.2 Å². The molecule has 0 spiro atoms. The van der Waals surface area contributed by atoms with Gasteiger partial charge in [0.05, 0.1) is 6.54 Å². The van der Waals surface area contributed by atoms with Crippen molar-refractivity contribution in [3.8, 4) is 5.75 Å². The van der Waals surface area contributed by atoms with Crippen LogP contribution in [0.3, 0.4) is 0 Å². The molecule has 2 aromatic carbocycles. The van der Waals surface area contributed by atoms with E-state index in [1.54, 1.807) is 23.1 Å². The minimum Gasteiger partial charge on any atom is -0.484 e. The molecule has 33 heavy (non-hydrogen) atoms. The molecular formula is C27H30N2O4. The van der Waals surface area contributed by atoms with Gasteiger partial charge in [-0.25, -0.2) is 0 Å². The first kappa shape index (κ1) is 23.9. The number of amides is 2. The molecule has 0 aliphatic carbocycles. The maximum absolute atomic E-state index is 13.3. The van der Waals surface area contributed by atoms with E-state index < -0.39 is 0 Å². The fourth-order valence-corrected chi connectivity index (χ4v) is 3.39. The summed E-state index contributed by atoms with van der Waals surface area (Å²) < 4.78 is 11.3. The molecule has 6 heteroatoms. The summed E-state index contributed by atoms with van der Waals surface area (Å²) in [4.78, 5) is 29.2. The zero-order valence-electron chi connectivity index (χ0n) is 19.0. The molecule has 6 nitrogen and oxygen atoms in total. The summed E-state index contributed by atoms with van der Waals surface area (Å²) >= 11 is 0. The molecule has 0 unspecified atom stereocenters. The average molecular weight is 447 g/mol. The number of benzene rings is 2. The van der Waals surface area contributed by atoms with Crippen molar-refractivity contribution in [1.29, 1.82) is 0 Å². The van der Waals surface area contributed by atoms with E-state index >= 15 is 0 Å². The van der Waals surface area contributed by atoms with Crippen LogP contribution < -0.4 is 4.74 Å². The first-order chi connectivity index (χ1) is 16.0. The van der Waals surface area contributed by atoms with Crippen molar-refractivity contribution >= 4 is 11.8 Å². The van der Waals surface area contributed by atoms with Crippen LogP contribution in [0.15, 0.2) is 89.9 Å². The van der Waals surface area contributed by atoms with Gasteiger partial charge in [0, 0.05) is 13.1 Å². The lowest BCUT2D eigenvalue weighted by atomic mass is 10.1. The van der Waals surface area contributed by atoms with Crippen LogP contribution in [0.4, 0.5) is 0 Å². The van der Waals surface area contributed by atoms with E-state index in [4.69, 9.17) is 9.15 Å². The predicted octanol–water partition coefficient (Wildman–Crippen LogP) is 4.25. The summed E-state index contributed by atoms with van der Waals surface area (Å²) in [6.45, 7) is 6.51. The lowest BCUT2D eigenvalue weighted by molar-refractivity contribution is -0.141. The van der Waals surface area contributed by atoms with E-state index in [-0.39, 0.29) is 31.5 Å². The van der Waals surface area contributed by atoms with E-state index in [2.05, 4.69) is 6.58 Å². The molecule has 3 aromatic rings. The first-order valence-corrected chi connectivity index (χ1v) is 11.0. The van der Waals surface area contributed by atoms with Gasteiger partial charge in [-0.3, -0.25) is 9.59 Å². The number of hydrogen-bond donors (Lipinski definition) is 0. The molecule has 3 rings (SSSR count). The highest BCUT2D eigenvalue weighted by Crippen LogP contribution is 2.12. The summed E-state index contributed by atoms with van der Waals surface area (Å²) in [5, 5.41) is 0. The molecule has 2 amide bonds. The van der Waals surface area contributed by atoms with Crippen molar-refractivity contribution < 1.29 is 18.7 Å². The number of carbonyl (C=O) groups excluding carboxylic acids is 2. The Bertz CT molecular complexity index is 1030. The van der Waals surface area contributed by atoms with E-state index in [9.17, 15) is 9.59 Å². The number of aryl methyl sites for hydroxylation is 1. The van der Waals surface area contributed by atoms with E-state index in [0.717, 1.165) is 11.3 Å². The predicted molar refractivity (Wildman–Crippen MR) is 128 cm³/mol. The Hall–Kier alpha value is -3.80. The molecule has 1 heterocycles. The SMILES string of the molecule is C=CCN(CC(=O)N(CCc1ccccc1)Cc1ccc(C)o1)C(=O)COc1ccccc1. The van der Waals surface area contributed by atoms with E-state index in [1.165, 1.54) is 4.90 Å². The fourth-order valence-electron chi connectivity index (χ4n) is 3.39. The molecular weight excluding hydrogens is 416 g/mol. The van der Waals surface area contributed by atoms with Crippen LogP contribution >= 0.6 is 0 Å². The molecule has 0 saturated heterocycles. The van der Waals surface area contributed by atoms with Crippen molar-refractivity contribution in [3.63, 3.8) is 0 Å². The Morgan fingerprint density at radius 2 is 1.64 bits per heavy atom. The normalized spacial score (nSPS) is 10.5. The Labute approximate surface area is 195 Å². The van der Waals surface area contributed by atoms with Crippen LogP contribution in [0.1, 0.15) is 17.1 Å². The Morgan fingerprint density at radius 3 is 2.27 bits per heavy atom. The van der Waals surface area contributed by atoms with Crippen LogP contribution in [-0.4, -0.2) is 47.9 Å². The number of para-hydroxylation sites is 1. The Balaban J connectivity index is 1.65. The summed E-state index contributed by atoms with van der Waals surface area (Å²) in [7, 11) is 0. The third-order valence-electron chi connectivity index (χ3n) is 5.14. The number of rotatable bonds is 12.